The van der Waals surface area contributed by atoms with Crippen molar-refractivity contribution >= 4 is 22.5 Å². The summed E-state index contributed by atoms with van der Waals surface area (Å²) >= 11 is 6.14. The molecule has 2 aromatic carbocycles. The van der Waals surface area contributed by atoms with Gasteiger partial charge in [0.1, 0.15) is 0 Å². The van der Waals surface area contributed by atoms with Gasteiger partial charge in [0, 0.05) is 22.3 Å². The molecule has 0 atom stereocenters. The molecule has 1 aromatic heterocycles. The van der Waals surface area contributed by atoms with Crippen LogP contribution in [0.25, 0.3) is 16.6 Å². The van der Waals surface area contributed by atoms with E-state index in [0.717, 1.165) is 21.6 Å². The van der Waals surface area contributed by atoms with Crippen LogP contribution in [-0.2, 0) is 0 Å². The van der Waals surface area contributed by atoms with Gasteiger partial charge in [-0.05, 0) is 30.3 Å². The maximum absolute atomic E-state index is 6.14. The van der Waals surface area contributed by atoms with Gasteiger partial charge < -0.3 is 4.57 Å². The zero-order valence-electron chi connectivity index (χ0n) is 8.60. The van der Waals surface area contributed by atoms with E-state index in [-0.39, 0.29) is 0 Å². The smallest absolute Gasteiger partial charge is 0.0543 e. The molecule has 78 valence electrons. The maximum Gasteiger partial charge on any atom is 0.0543 e. The third-order valence-corrected chi connectivity index (χ3v) is 3.04. The van der Waals surface area contributed by atoms with E-state index in [2.05, 4.69) is 22.8 Å². The predicted molar refractivity (Wildman–Crippen MR) is 68.3 cm³/mol. The first-order valence-corrected chi connectivity index (χ1v) is 5.55. The van der Waals surface area contributed by atoms with E-state index in [4.69, 9.17) is 11.6 Å². The van der Waals surface area contributed by atoms with Crippen molar-refractivity contribution in [2.45, 2.75) is 0 Å². The maximum atomic E-state index is 6.14. The predicted octanol–water partition coefficient (Wildman–Crippen LogP) is 4.28. The van der Waals surface area contributed by atoms with Gasteiger partial charge in [-0.25, -0.2) is 0 Å². The highest BCUT2D eigenvalue weighted by Crippen LogP contribution is 2.26. The number of hydrogen-bond acceptors (Lipinski definition) is 0. The Balaban J connectivity index is 2.30. The third kappa shape index (κ3) is 1.41. The Morgan fingerprint density at radius 3 is 2.44 bits per heavy atom. The van der Waals surface area contributed by atoms with E-state index >= 15 is 0 Å². The molecule has 0 aliphatic heterocycles. The average Bonchev–Trinajstić information content (AvgIpc) is 2.75. The van der Waals surface area contributed by atoms with Gasteiger partial charge in [-0.1, -0.05) is 35.9 Å². The van der Waals surface area contributed by atoms with E-state index in [9.17, 15) is 0 Å². The van der Waals surface area contributed by atoms with Gasteiger partial charge in [0.25, 0.3) is 0 Å². The molecule has 2 heteroatoms. The SMILES string of the molecule is Clc1cccc2c1ccn2-c1ccccc1. The quantitative estimate of drug-likeness (QED) is 0.585. The molecule has 0 radical (unpaired) electrons. The number of aromatic nitrogens is 1. The van der Waals surface area contributed by atoms with Gasteiger partial charge >= 0.3 is 0 Å². The first-order valence-electron chi connectivity index (χ1n) is 5.17. The van der Waals surface area contributed by atoms with Crippen molar-refractivity contribution in [2.24, 2.45) is 0 Å². The largest absolute Gasteiger partial charge is 0.317 e. The molecule has 1 heterocycles. The first-order chi connectivity index (χ1) is 7.86. The zero-order chi connectivity index (χ0) is 11.0. The van der Waals surface area contributed by atoms with Gasteiger partial charge in [0.2, 0.25) is 0 Å². The molecule has 0 fully saturated rings. The summed E-state index contributed by atoms with van der Waals surface area (Å²) in [5.74, 6) is 0. The highest BCUT2D eigenvalue weighted by atomic mass is 35.5. The van der Waals surface area contributed by atoms with E-state index < -0.39 is 0 Å². The molecule has 0 spiro atoms. The Hall–Kier alpha value is -1.73. The highest BCUT2D eigenvalue weighted by Gasteiger charge is 2.04. The van der Waals surface area contributed by atoms with Crippen molar-refractivity contribution in [1.82, 2.24) is 4.57 Å². The number of nitrogens with zero attached hydrogens (tertiary/aromatic N) is 1. The van der Waals surface area contributed by atoms with Crippen molar-refractivity contribution in [1.29, 1.82) is 0 Å². The number of halogens is 1. The van der Waals surface area contributed by atoms with Crippen molar-refractivity contribution < 1.29 is 0 Å². The molecule has 0 bridgehead atoms. The summed E-state index contributed by atoms with van der Waals surface area (Å²) < 4.78 is 2.14. The number of benzene rings is 2. The molecule has 0 N–H and O–H groups in total. The summed E-state index contributed by atoms with van der Waals surface area (Å²) in [6, 6.07) is 18.3. The standard InChI is InChI=1S/C14H10ClN/c15-13-7-4-8-14-12(13)9-10-16(14)11-5-2-1-3-6-11/h1-10H. The van der Waals surface area contributed by atoms with E-state index in [1.807, 2.05) is 42.6 Å². The topological polar surface area (TPSA) is 4.93 Å². The Kier molecular flexibility index (Phi) is 2.19. The van der Waals surface area contributed by atoms with Crippen molar-refractivity contribution in [3.63, 3.8) is 0 Å². The Labute approximate surface area is 98.9 Å². The van der Waals surface area contributed by atoms with E-state index in [0.29, 0.717) is 0 Å². The number of rotatable bonds is 1. The Morgan fingerprint density at radius 2 is 1.62 bits per heavy atom. The fourth-order valence-electron chi connectivity index (χ4n) is 1.94. The van der Waals surface area contributed by atoms with Crippen LogP contribution < -0.4 is 0 Å². The molecule has 0 unspecified atom stereocenters. The molecule has 0 aliphatic rings. The molecule has 1 nitrogen and oxygen atoms in total. The number of fused-ring (bicyclic) bond motifs is 1. The summed E-state index contributed by atoms with van der Waals surface area (Å²) in [6.45, 7) is 0. The van der Waals surface area contributed by atoms with E-state index in [1.165, 1.54) is 0 Å². The van der Waals surface area contributed by atoms with Gasteiger partial charge in [0.15, 0.2) is 0 Å². The van der Waals surface area contributed by atoms with Crippen LogP contribution in [0.15, 0.2) is 60.8 Å². The first kappa shape index (κ1) is 9.49. The minimum atomic E-state index is 0.798. The minimum absolute atomic E-state index is 0.798. The summed E-state index contributed by atoms with van der Waals surface area (Å²) in [5, 5.41) is 1.89. The molecular weight excluding hydrogens is 218 g/mol. The number of para-hydroxylation sites is 1. The Bertz CT molecular complexity index is 626. The van der Waals surface area contributed by atoms with Gasteiger partial charge in [-0.3, -0.25) is 0 Å². The molecule has 3 rings (SSSR count). The zero-order valence-corrected chi connectivity index (χ0v) is 9.35. The van der Waals surface area contributed by atoms with Crippen LogP contribution in [0.1, 0.15) is 0 Å². The second kappa shape index (κ2) is 3.69. The normalized spacial score (nSPS) is 10.8. The Morgan fingerprint density at radius 1 is 0.812 bits per heavy atom. The van der Waals surface area contributed by atoms with Crippen molar-refractivity contribution in [2.75, 3.05) is 0 Å². The van der Waals surface area contributed by atoms with Crippen LogP contribution in [0.2, 0.25) is 5.02 Å². The van der Waals surface area contributed by atoms with Gasteiger partial charge in [-0.2, -0.15) is 0 Å². The second-order valence-electron chi connectivity index (χ2n) is 3.69. The summed E-state index contributed by atoms with van der Waals surface area (Å²) in [7, 11) is 0. The molecule has 0 amide bonds. The lowest BCUT2D eigenvalue weighted by Crippen LogP contribution is -1.90. The van der Waals surface area contributed by atoms with Crippen LogP contribution in [-0.4, -0.2) is 4.57 Å². The monoisotopic (exact) mass is 227 g/mol. The molecular formula is C14H10ClN. The van der Waals surface area contributed by atoms with Crippen LogP contribution in [0, 0.1) is 0 Å². The second-order valence-corrected chi connectivity index (χ2v) is 4.10. The molecule has 16 heavy (non-hydrogen) atoms. The lowest BCUT2D eigenvalue weighted by molar-refractivity contribution is 1.13. The van der Waals surface area contributed by atoms with Crippen LogP contribution >= 0.6 is 11.6 Å². The molecule has 0 saturated carbocycles. The minimum Gasteiger partial charge on any atom is -0.317 e. The van der Waals surface area contributed by atoms with Crippen molar-refractivity contribution in [3.05, 3.63) is 65.8 Å². The lowest BCUT2D eigenvalue weighted by atomic mass is 10.2. The molecule has 0 saturated heterocycles. The highest BCUT2D eigenvalue weighted by molar-refractivity contribution is 6.35. The average molecular weight is 228 g/mol. The fraction of sp³-hybridized carbons (Fsp3) is 0. The fourth-order valence-corrected chi connectivity index (χ4v) is 2.18. The van der Waals surface area contributed by atoms with Crippen molar-refractivity contribution in [3.8, 4) is 5.69 Å². The molecule has 3 aromatic rings. The third-order valence-electron chi connectivity index (χ3n) is 2.71. The van der Waals surface area contributed by atoms with Crippen LogP contribution in [0.4, 0.5) is 0 Å². The summed E-state index contributed by atoms with van der Waals surface area (Å²) in [6.07, 6.45) is 2.05. The van der Waals surface area contributed by atoms with Crippen LogP contribution in [0.3, 0.4) is 0 Å². The summed E-state index contributed by atoms with van der Waals surface area (Å²) in [5.41, 5.74) is 2.29. The van der Waals surface area contributed by atoms with Gasteiger partial charge in [-0.15, -0.1) is 0 Å². The lowest BCUT2D eigenvalue weighted by Gasteiger charge is -2.04. The van der Waals surface area contributed by atoms with Gasteiger partial charge in [0.05, 0.1) is 5.52 Å². The van der Waals surface area contributed by atoms with E-state index in [1.54, 1.807) is 0 Å². The van der Waals surface area contributed by atoms with Crippen LogP contribution in [0.5, 0.6) is 0 Å². The molecule has 0 aliphatic carbocycles. The summed E-state index contributed by atoms with van der Waals surface area (Å²) in [4.78, 5) is 0. The number of hydrogen-bond donors (Lipinski definition) is 0.